The number of halogens is 2. The van der Waals surface area contributed by atoms with Crippen molar-refractivity contribution >= 4 is 15.9 Å². The number of hydrogen-bond acceptors (Lipinski definition) is 1. The Labute approximate surface area is 111 Å². The molecule has 0 heterocycles. The summed E-state index contributed by atoms with van der Waals surface area (Å²) in [5.41, 5.74) is 7.23. The maximum Gasteiger partial charge on any atom is 0.137 e. The van der Waals surface area contributed by atoms with Crippen molar-refractivity contribution in [1.82, 2.24) is 0 Å². The summed E-state index contributed by atoms with van der Waals surface area (Å²) in [4.78, 5) is 0. The third kappa shape index (κ3) is 3.08. The van der Waals surface area contributed by atoms with E-state index in [9.17, 15) is 4.39 Å². The van der Waals surface area contributed by atoms with Crippen LogP contribution in [0.25, 0.3) is 0 Å². The van der Waals surface area contributed by atoms with Gasteiger partial charge in [0.15, 0.2) is 0 Å². The van der Waals surface area contributed by atoms with Crippen LogP contribution in [0, 0.1) is 11.7 Å². The number of benzene rings is 1. The van der Waals surface area contributed by atoms with Crippen LogP contribution in [0.4, 0.5) is 4.39 Å². The number of hydrogen-bond donors (Lipinski definition) is 1. The van der Waals surface area contributed by atoms with Gasteiger partial charge in [-0.1, -0.05) is 37.8 Å². The third-order valence-corrected chi connectivity index (χ3v) is 4.58. The quantitative estimate of drug-likeness (QED) is 0.796. The Bertz CT molecular complexity index is 372. The van der Waals surface area contributed by atoms with Gasteiger partial charge in [-0.3, -0.25) is 0 Å². The van der Waals surface area contributed by atoms with Gasteiger partial charge in [-0.15, -0.1) is 0 Å². The molecule has 0 bridgehead atoms. The van der Waals surface area contributed by atoms with E-state index in [0.29, 0.717) is 10.4 Å². The lowest BCUT2D eigenvalue weighted by Crippen LogP contribution is -2.21. The lowest BCUT2D eigenvalue weighted by Gasteiger charge is -2.23. The summed E-state index contributed by atoms with van der Waals surface area (Å²) in [7, 11) is 0. The zero-order valence-corrected chi connectivity index (χ0v) is 11.5. The van der Waals surface area contributed by atoms with Gasteiger partial charge in [0.2, 0.25) is 0 Å². The van der Waals surface area contributed by atoms with Crippen molar-refractivity contribution in [2.24, 2.45) is 11.7 Å². The van der Waals surface area contributed by atoms with Gasteiger partial charge >= 0.3 is 0 Å². The lowest BCUT2D eigenvalue weighted by atomic mass is 9.88. The Morgan fingerprint density at radius 1 is 1.18 bits per heavy atom. The summed E-state index contributed by atoms with van der Waals surface area (Å²) >= 11 is 3.31. The zero-order valence-electron chi connectivity index (χ0n) is 9.96. The summed E-state index contributed by atoms with van der Waals surface area (Å²) < 4.78 is 14.0. The number of rotatable bonds is 2. The first-order chi connectivity index (χ1) is 8.20. The maximum atomic E-state index is 13.5. The van der Waals surface area contributed by atoms with Crippen molar-refractivity contribution in [3.63, 3.8) is 0 Å². The van der Waals surface area contributed by atoms with Crippen molar-refractivity contribution in [2.75, 3.05) is 0 Å². The molecule has 1 nitrogen and oxygen atoms in total. The smallest absolute Gasteiger partial charge is 0.137 e. The van der Waals surface area contributed by atoms with Gasteiger partial charge in [0.05, 0.1) is 4.47 Å². The molecule has 0 radical (unpaired) electrons. The molecule has 17 heavy (non-hydrogen) atoms. The molecule has 0 aromatic heterocycles. The van der Waals surface area contributed by atoms with E-state index in [1.165, 1.54) is 44.6 Å². The molecule has 0 saturated heterocycles. The molecule has 2 N–H and O–H groups in total. The lowest BCUT2D eigenvalue weighted by molar-refractivity contribution is 0.380. The van der Waals surface area contributed by atoms with Gasteiger partial charge in [-0.2, -0.15) is 0 Å². The van der Waals surface area contributed by atoms with Crippen molar-refractivity contribution in [1.29, 1.82) is 0 Å². The highest BCUT2D eigenvalue weighted by atomic mass is 79.9. The minimum absolute atomic E-state index is 0.0434. The first kappa shape index (κ1) is 13.0. The van der Waals surface area contributed by atoms with Crippen LogP contribution >= 0.6 is 15.9 Å². The molecule has 0 spiro atoms. The molecule has 1 aromatic rings. The average molecular weight is 300 g/mol. The Morgan fingerprint density at radius 3 is 2.47 bits per heavy atom. The van der Waals surface area contributed by atoms with Crippen LogP contribution in [0.15, 0.2) is 22.7 Å². The Balaban J connectivity index is 2.17. The summed E-state index contributed by atoms with van der Waals surface area (Å²) in [5, 5.41) is 0. The van der Waals surface area contributed by atoms with Gasteiger partial charge in [0.25, 0.3) is 0 Å². The van der Waals surface area contributed by atoms with Crippen LogP contribution < -0.4 is 5.73 Å². The first-order valence-electron chi connectivity index (χ1n) is 6.39. The molecule has 1 aliphatic carbocycles. The molecular formula is C14H19BrFN. The largest absolute Gasteiger partial charge is 0.324 e. The van der Waals surface area contributed by atoms with Crippen LogP contribution in [0.3, 0.4) is 0 Å². The standard InChI is InChI=1S/C14H19BrFN/c15-13-11(8-5-9-12(13)16)14(17)10-6-3-1-2-4-7-10/h5,8-10,14H,1-4,6-7,17H2. The van der Waals surface area contributed by atoms with E-state index in [1.807, 2.05) is 6.07 Å². The van der Waals surface area contributed by atoms with E-state index in [0.717, 1.165) is 5.56 Å². The minimum atomic E-state index is -0.216. The summed E-state index contributed by atoms with van der Waals surface area (Å²) in [6.45, 7) is 0. The second-order valence-corrected chi connectivity index (χ2v) is 5.71. The molecule has 0 aliphatic heterocycles. The van der Waals surface area contributed by atoms with Gasteiger partial charge < -0.3 is 5.73 Å². The average Bonchev–Trinajstić information content (AvgIpc) is 2.60. The fourth-order valence-corrected chi connectivity index (χ4v) is 3.23. The molecule has 1 saturated carbocycles. The van der Waals surface area contributed by atoms with Gasteiger partial charge in [0.1, 0.15) is 5.82 Å². The van der Waals surface area contributed by atoms with Crippen molar-refractivity contribution in [3.05, 3.63) is 34.1 Å². The SMILES string of the molecule is NC(c1cccc(F)c1Br)C1CCCCCC1. The fourth-order valence-electron chi connectivity index (χ4n) is 2.70. The van der Waals surface area contributed by atoms with E-state index >= 15 is 0 Å². The topological polar surface area (TPSA) is 26.0 Å². The van der Waals surface area contributed by atoms with Crippen LogP contribution in [0.5, 0.6) is 0 Å². The predicted octanol–water partition coefficient (Wildman–Crippen LogP) is 4.56. The second-order valence-electron chi connectivity index (χ2n) is 4.92. The summed E-state index contributed by atoms with van der Waals surface area (Å²) in [6, 6.07) is 5.10. The van der Waals surface area contributed by atoms with E-state index in [4.69, 9.17) is 5.73 Å². The Kier molecular flexibility index (Phi) is 4.57. The molecule has 3 heteroatoms. The molecule has 1 aromatic carbocycles. The highest BCUT2D eigenvalue weighted by molar-refractivity contribution is 9.10. The third-order valence-electron chi connectivity index (χ3n) is 3.75. The molecule has 94 valence electrons. The van der Waals surface area contributed by atoms with Crippen LogP contribution in [-0.2, 0) is 0 Å². The first-order valence-corrected chi connectivity index (χ1v) is 7.19. The molecule has 1 atom stereocenters. The van der Waals surface area contributed by atoms with E-state index < -0.39 is 0 Å². The van der Waals surface area contributed by atoms with Gasteiger partial charge in [0, 0.05) is 6.04 Å². The van der Waals surface area contributed by atoms with E-state index in [2.05, 4.69) is 15.9 Å². The minimum Gasteiger partial charge on any atom is -0.324 e. The van der Waals surface area contributed by atoms with E-state index in [1.54, 1.807) is 6.07 Å². The van der Waals surface area contributed by atoms with Gasteiger partial charge in [-0.25, -0.2) is 4.39 Å². The highest BCUT2D eigenvalue weighted by Crippen LogP contribution is 2.35. The van der Waals surface area contributed by atoms with Crippen LogP contribution in [0.2, 0.25) is 0 Å². The second kappa shape index (κ2) is 5.96. The normalized spacial score (nSPS) is 19.9. The number of nitrogens with two attached hydrogens (primary N) is 1. The maximum absolute atomic E-state index is 13.5. The van der Waals surface area contributed by atoms with Crippen molar-refractivity contribution in [3.8, 4) is 0 Å². The van der Waals surface area contributed by atoms with Crippen molar-refractivity contribution in [2.45, 2.75) is 44.6 Å². The Morgan fingerprint density at radius 2 is 1.82 bits per heavy atom. The zero-order chi connectivity index (χ0) is 12.3. The molecule has 2 rings (SSSR count). The van der Waals surface area contributed by atoms with Crippen molar-refractivity contribution < 1.29 is 4.39 Å². The fraction of sp³-hybridized carbons (Fsp3) is 0.571. The predicted molar refractivity (Wildman–Crippen MR) is 72.2 cm³/mol. The van der Waals surface area contributed by atoms with Crippen LogP contribution in [-0.4, -0.2) is 0 Å². The van der Waals surface area contributed by atoms with Gasteiger partial charge in [-0.05, 0) is 46.3 Å². The Hall–Kier alpha value is -0.410. The summed E-state index contributed by atoms with van der Waals surface area (Å²) in [5.74, 6) is 0.280. The molecular weight excluding hydrogens is 281 g/mol. The highest BCUT2D eigenvalue weighted by Gasteiger charge is 2.23. The molecule has 1 fully saturated rings. The van der Waals surface area contributed by atoms with E-state index in [-0.39, 0.29) is 11.9 Å². The summed E-state index contributed by atoms with van der Waals surface area (Å²) in [6.07, 6.45) is 7.48. The molecule has 1 aliphatic rings. The van der Waals surface area contributed by atoms with Crippen LogP contribution in [0.1, 0.15) is 50.1 Å². The molecule has 0 amide bonds. The molecule has 1 unspecified atom stereocenters. The monoisotopic (exact) mass is 299 g/mol.